The van der Waals surface area contributed by atoms with Crippen LogP contribution in [-0.2, 0) is 6.18 Å². The zero-order chi connectivity index (χ0) is 26.3. The molecule has 1 aliphatic heterocycles. The van der Waals surface area contributed by atoms with Crippen LogP contribution in [0.1, 0.15) is 22.8 Å². The third kappa shape index (κ3) is 4.50. The minimum atomic E-state index is -4.48. The molecule has 0 fully saturated rings. The highest BCUT2D eigenvalue weighted by atomic mass is 19.4. The molecule has 1 N–H and O–H groups in total. The Kier molecular flexibility index (Phi) is 6.11. The first-order chi connectivity index (χ1) is 17.6. The van der Waals surface area contributed by atoms with Crippen molar-refractivity contribution >= 4 is 27.6 Å². The Balaban J connectivity index is 1.61. The number of aromatic nitrogens is 1. The number of benzene rings is 3. The number of nitrogens with zero attached hydrogens (tertiary/aromatic N) is 2. The van der Waals surface area contributed by atoms with Gasteiger partial charge < -0.3 is 10.2 Å². The fourth-order valence-electron chi connectivity index (χ4n) is 4.73. The first-order valence-electron chi connectivity index (χ1n) is 11.8. The third-order valence-corrected chi connectivity index (χ3v) is 6.62. The van der Waals surface area contributed by atoms with E-state index >= 15 is 0 Å². The molecular weight excluding hydrogens is 479 g/mol. The number of carbonyl (C=O) groups is 1. The van der Waals surface area contributed by atoms with Crippen LogP contribution in [-0.4, -0.2) is 35.0 Å². The summed E-state index contributed by atoms with van der Waals surface area (Å²) in [5, 5.41) is 4.74. The van der Waals surface area contributed by atoms with Crippen LogP contribution in [0.15, 0.2) is 95.4 Å². The highest BCUT2D eigenvalue weighted by Crippen LogP contribution is 2.31. The van der Waals surface area contributed by atoms with Crippen molar-refractivity contribution in [3.8, 4) is 5.69 Å². The van der Waals surface area contributed by atoms with Gasteiger partial charge >= 0.3 is 6.18 Å². The minimum Gasteiger partial charge on any atom is -0.372 e. The van der Waals surface area contributed by atoms with Crippen LogP contribution in [0.4, 0.5) is 13.2 Å². The minimum absolute atomic E-state index is 0.226. The van der Waals surface area contributed by atoms with Crippen molar-refractivity contribution in [3.63, 3.8) is 0 Å². The zero-order valence-corrected chi connectivity index (χ0v) is 20.2. The Hall–Kier alpha value is -4.33. The van der Waals surface area contributed by atoms with Gasteiger partial charge in [-0.25, -0.2) is 0 Å². The molecule has 1 aromatic heterocycles. The highest BCUT2D eigenvalue weighted by Gasteiger charge is 2.30. The maximum atomic E-state index is 13.4. The Morgan fingerprint density at radius 3 is 2.35 bits per heavy atom. The summed E-state index contributed by atoms with van der Waals surface area (Å²) >= 11 is 0. The second kappa shape index (κ2) is 9.28. The Morgan fingerprint density at radius 1 is 0.973 bits per heavy atom. The molecule has 2 heterocycles. The second-order valence-electron chi connectivity index (χ2n) is 9.06. The molecule has 188 valence electrons. The number of fused-ring (bicyclic) bond motifs is 3. The van der Waals surface area contributed by atoms with Crippen LogP contribution < -0.4 is 10.9 Å². The average molecular weight is 504 g/mol. The fourth-order valence-corrected chi connectivity index (χ4v) is 4.73. The molecule has 3 aromatic carbocycles. The number of rotatable bonds is 4. The van der Waals surface area contributed by atoms with Gasteiger partial charge in [-0.1, -0.05) is 30.4 Å². The predicted octanol–water partition coefficient (Wildman–Crippen LogP) is 5.67. The quantitative estimate of drug-likeness (QED) is 0.366. The Bertz CT molecular complexity index is 1630. The lowest BCUT2D eigenvalue weighted by atomic mass is 10.0. The van der Waals surface area contributed by atoms with Gasteiger partial charge in [-0.15, -0.1) is 0 Å². The van der Waals surface area contributed by atoms with Crippen molar-refractivity contribution in [3.05, 3.63) is 112 Å². The van der Waals surface area contributed by atoms with Crippen LogP contribution in [0.3, 0.4) is 0 Å². The molecule has 1 aliphatic rings. The fraction of sp³-hybridized carbons (Fsp3) is 0.172. The van der Waals surface area contributed by atoms with Crippen molar-refractivity contribution in [1.29, 1.82) is 0 Å². The van der Waals surface area contributed by atoms with Gasteiger partial charge in [0.2, 0.25) is 0 Å². The largest absolute Gasteiger partial charge is 0.416 e. The third-order valence-electron chi connectivity index (χ3n) is 6.62. The lowest BCUT2D eigenvalue weighted by Gasteiger charge is -2.28. The number of carbonyl (C=O) groups excluding carboxylic acids is 1. The molecule has 0 aliphatic carbocycles. The molecule has 0 saturated heterocycles. The monoisotopic (exact) mass is 503 g/mol. The number of likely N-dealkylation sites (N-methyl/N-ethyl adjacent to an activating group) is 1. The molecule has 0 radical (unpaired) electrons. The van der Waals surface area contributed by atoms with Gasteiger partial charge in [0.25, 0.3) is 11.5 Å². The number of allylic oxidation sites excluding steroid dienone is 2. The SMILES string of the molecule is C[C@H](NC(=O)c1ccc2c(c1)c1ccccc1c(=O)n2-c1ccc(C(F)(F)F)cc1)C1=CC=CCN1C. The standard InChI is InChI=1S/C29H24F3N3O2/c1-18(25-9-5-6-16-34(25)2)33-27(36)19-10-15-26-24(17-19)22-7-3-4-8-23(22)28(37)35(26)21-13-11-20(12-14-21)29(30,31)32/h3-15,17-18H,16H2,1-2H3,(H,33,36)/t18-/m0/s1. The summed E-state index contributed by atoms with van der Waals surface area (Å²) in [5.74, 6) is -0.269. The summed E-state index contributed by atoms with van der Waals surface area (Å²) in [6.45, 7) is 2.67. The van der Waals surface area contributed by atoms with E-state index in [-0.39, 0.29) is 17.5 Å². The van der Waals surface area contributed by atoms with E-state index in [1.165, 1.54) is 16.7 Å². The molecular formula is C29H24F3N3O2. The van der Waals surface area contributed by atoms with Crippen LogP contribution in [0.2, 0.25) is 0 Å². The molecule has 0 saturated carbocycles. The molecule has 5 rings (SSSR count). The van der Waals surface area contributed by atoms with E-state index in [9.17, 15) is 22.8 Å². The van der Waals surface area contributed by atoms with Crippen molar-refractivity contribution in [1.82, 2.24) is 14.8 Å². The normalized spacial score (nSPS) is 14.6. The topological polar surface area (TPSA) is 54.3 Å². The molecule has 8 heteroatoms. The molecule has 1 atom stereocenters. The Labute approximate surface area is 211 Å². The number of halogens is 3. The van der Waals surface area contributed by atoms with E-state index in [0.29, 0.717) is 32.9 Å². The van der Waals surface area contributed by atoms with Crippen LogP contribution in [0.25, 0.3) is 27.4 Å². The van der Waals surface area contributed by atoms with Crippen LogP contribution >= 0.6 is 0 Å². The lowest BCUT2D eigenvalue weighted by Crippen LogP contribution is -2.39. The summed E-state index contributed by atoms with van der Waals surface area (Å²) in [4.78, 5) is 28.7. The summed E-state index contributed by atoms with van der Waals surface area (Å²) < 4.78 is 40.7. The molecule has 0 bridgehead atoms. The van der Waals surface area contributed by atoms with Gasteiger partial charge in [-0.05, 0) is 66.9 Å². The first kappa shape index (κ1) is 24.4. The number of alkyl halides is 3. The van der Waals surface area contributed by atoms with Gasteiger partial charge in [-0.2, -0.15) is 13.2 Å². The van der Waals surface area contributed by atoms with E-state index in [0.717, 1.165) is 24.4 Å². The van der Waals surface area contributed by atoms with Crippen LogP contribution in [0, 0.1) is 0 Å². The van der Waals surface area contributed by atoms with Crippen molar-refractivity contribution in [2.45, 2.75) is 19.1 Å². The van der Waals surface area contributed by atoms with Gasteiger partial charge in [0, 0.05) is 41.3 Å². The number of pyridine rings is 1. The lowest BCUT2D eigenvalue weighted by molar-refractivity contribution is -0.137. The predicted molar refractivity (Wildman–Crippen MR) is 139 cm³/mol. The van der Waals surface area contributed by atoms with Crippen molar-refractivity contribution < 1.29 is 18.0 Å². The first-order valence-corrected chi connectivity index (χ1v) is 11.8. The summed E-state index contributed by atoms with van der Waals surface area (Å²) in [7, 11) is 1.96. The van der Waals surface area contributed by atoms with E-state index in [1.54, 1.807) is 42.5 Å². The number of hydrogen-bond acceptors (Lipinski definition) is 3. The summed E-state index contributed by atoms with van der Waals surface area (Å²) in [6, 6.07) is 16.3. The van der Waals surface area contributed by atoms with E-state index in [2.05, 4.69) is 10.2 Å². The van der Waals surface area contributed by atoms with Crippen molar-refractivity contribution in [2.24, 2.45) is 0 Å². The van der Waals surface area contributed by atoms with E-state index < -0.39 is 11.7 Å². The molecule has 37 heavy (non-hydrogen) atoms. The van der Waals surface area contributed by atoms with Gasteiger partial charge in [0.1, 0.15) is 0 Å². The second-order valence-corrected chi connectivity index (χ2v) is 9.06. The number of nitrogens with one attached hydrogen (secondary N) is 1. The maximum absolute atomic E-state index is 13.4. The van der Waals surface area contributed by atoms with E-state index in [4.69, 9.17) is 0 Å². The van der Waals surface area contributed by atoms with Gasteiger partial charge in [0.15, 0.2) is 0 Å². The van der Waals surface area contributed by atoms with E-state index in [1.807, 2.05) is 32.2 Å². The zero-order valence-electron chi connectivity index (χ0n) is 20.2. The molecule has 5 nitrogen and oxygen atoms in total. The average Bonchev–Trinajstić information content (AvgIpc) is 2.88. The summed E-state index contributed by atoms with van der Waals surface area (Å²) in [6.07, 6.45) is 1.47. The Morgan fingerprint density at radius 2 is 1.68 bits per heavy atom. The van der Waals surface area contributed by atoms with Crippen molar-refractivity contribution in [2.75, 3.05) is 13.6 Å². The highest BCUT2D eigenvalue weighted by molar-refractivity contribution is 6.09. The molecule has 0 unspecified atom stereocenters. The van der Waals surface area contributed by atoms with Gasteiger partial charge in [-0.3, -0.25) is 14.2 Å². The van der Waals surface area contributed by atoms with Crippen LogP contribution in [0.5, 0.6) is 0 Å². The smallest absolute Gasteiger partial charge is 0.372 e. The molecule has 1 amide bonds. The van der Waals surface area contributed by atoms with Gasteiger partial charge in [0.05, 0.1) is 17.1 Å². The maximum Gasteiger partial charge on any atom is 0.416 e. The molecule has 0 spiro atoms. The molecule has 4 aromatic rings. The summed E-state index contributed by atoms with van der Waals surface area (Å²) in [5.41, 5.74) is 1.05. The number of amides is 1. The number of hydrogen-bond donors (Lipinski definition) is 1.